The standard InChI is InChI=1S/C19H15ClN4O/c1-12(13-5-3-2-4-6-13)25-15-9-7-14(8-10-15)18-23-16-17(20)21-11-22-19(16)24-18/h2-12H,1H3,(H,21,22,23,24)/t12-/m1/s1. The lowest BCUT2D eigenvalue weighted by Crippen LogP contribution is -2.02. The average Bonchev–Trinajstić information content (AvgIpc) is 3.09. The lowest BCUT2D eigenvalue weighted by molar-refractivity contribution is 0.227. The number of nitrogens with zero attached hydrogens (tertiary/aromatic N) is 3. The molecule has 6 heteroatoms. The Kier molecular flexibility index (Phi) is 4.07. The quantitative estimate of drug-likeness (QED) is 0.536. The van der Waals surface area contributed by atoms with E-state index in [1.807, 2.05) is 49.4 Å². The van der Waals surface area contributed by atoms with Gasteiger partial charge in [0.05, 0.1) is 0 Å². The van der Waals surface area contributed by atoms with Crippen LogP contribution in [-0.2, 0) is 0 Å². The van der Waals surface area contributed by atoms with Gasteiger partial charge in [-0.05, 0) is 36.8 Å². The van der Waals surface area contributed by atoms with Crippen LogP contribution in [0, 0.1) is 0 Å². The maximum atomic E-state index is 6.04. The summed E-state index contributed by atoms with van der Waals surface area (Å²) in [5.74, 6) is 1.49. The highest BCUT2D eigenvalue weighted by molar-refractivity contribution is 6.33. The molecule has 0 fully saturated rings. The first kappa shape index (κ1) is 15.6. The molecule has 0 saturated carbocycles. The van der Waals surface area contributed by atoms with Crippen LogP contribution in [0.3, 0.4) is 0 Å². The van der Waals surface area contributed by atoms with Crippen molar-refractivity contribution in [1.82, 2.24) is 19.9 Å². The van der Waals surface area contributed by atoms with Gasteiger partial charge >= 0.3 is 0 Å². The van der Waals surface area contributed by atoms with Gasteiger partial charge in [0, 0.05) is 5.56 Å². The van der Waals surface area contributed by atoms with Crippen LogP contribution < -0.4 is 4.74 Å². The van der Waals surface area contributed by atoms with Crippen molar-refractivity contribution < 1.29 is 4.74 Å². The number of fused-ring (bicyclic) bond motifs is 1. The van der Waals surface area contributed by atoms with E-state index < -0.39 is 0 Å². The van der Waals surface area contributed by atoms with E-state index in [0.717, 1.165) is 16.9 Å². The molecule has 2 heterocycles. The molecule has 0 radical (unpaired) electrons. The molecular weight excluding hydrogens is 336 g/mol. The maximum Gasteiger partial charge on any atom is 0.162 e. The fraction of sp³-hybridized carbons (Fsp3) is 0.105. The Balaban J connectivity index is 1.56. The summed E-state index contributed by atoms with van der Waals surface area (Å²) in [6.07, 6.45) is 1.39. The molecule has 0 bridgehead atoms. The number of aromatic amines is 1. The molecule has 2 aromatic carbocycles. The average molecular weight is 351 g/mol. The van der Waals surface area contributed by atoms with E-state index in [9.17, 15) is 0 Å². The summed E-state index contributed by atoms with van der Waals surface area (Å²) in [4.78, 5) is 15.7. The number of aromatic nitrogens is 4. The largest absolute Gasteiger partial charge is 0.486 e. The van der Waals surface area contributed by atoms with Crippen LogP contribution >= 0.6 is 11.6 Å². The van der Waals surface area contributed by atoms with Crippen LogP contribution in [0.25, 0.3) is 22.6 Å². The number of imidazole rings is 1. The van der Waals surface area contributed by atoms with Gasteiger partial charge < -0.3 is 9.72 Å². The van der Waals surface area contributed by atoms with Gasteiger partial charge in [-0.2, -0.15) is 0 Å². The van der Waals surface area contributed by atoms with Gasteiger partial charge in [0.2, 0.25) is 0 Å². The summed E-state index contributed by atoms with van der Waals surface area (Å²) >= 11 is 6.04. The minimum atomic E-state index is -0.0210. The van der Waals surface area contributed by atoms with Crippen LogP contribution in [0.15, 0.2) is 60.9 Å². The molecule has 0 unspecified atom stereocenters. The zero-order valence-electron chi connectivity index (χ0n) is 13.5. The van der Waals surface area contributed by atoms with E-state index in [1.54, 1.807) is 0 Å². The lowest BCUT2D eigenvalue weighted by atomic mass is 10.1. The molecule has 1 N–H and O–H groups in total. The molecule has 0 amide bonds. The van der Waals surface area contributed by atoms with Gasteiger partial charge in [-0.25, -0.2) is 15.0 Å². The van der Waals surface area contributed by atoms with E-state index in [-0.39, 0.29) is 6.10 Å². The number of hydrogen-bond donors (Lipinski definition) is 1. The Bertz CT molecular complexity index is 999. The second-order valence-corrected chi connectivity index (χ2v) is 6.00. The first-order valence-corrected chi connectivity index (χ1v) is 8.27. The number of halogens is 1. The molecule has 0 aliphatic rings. The van der Waals surface area contributed by atoms with Crippen molar-refractivity contribution in [2.45, 2.75) is 13.0 Å². The van der Waals surface area contributed by atoms with Crippen molar-refractivity contribution in [2.24, 2.45) is 0 Å². The summed E-state index contributed by atoms with van der Waals surface area (Å²) in [6.45, 7) is 2.03. The molecule has 5 nitrogen and oxygen atoms in total. The Morgan fingerprint density at radius 2 is 1.76 bits per heavy atom. The highest BCUT2D eigenvalue weighted by Crippen LogP contribution is 2.26. The Morgan fingerprint density at radius 1 is 1.00 bits per heavy atom. The molecule has 0 aliphatic carbocycles. The molecule has 0 spiro atoms. The van der Waals surface area contributed by atoms with Crippen molar-refractivity contribution in [1.29, 1.82) is 0 Å². The van der Waals surface area contributed by atoms with Crippen molar-refractivity contribution in [3.63, 3.8) is 0 Å². The molecule has 4 aromatic rings. The van der Waals surface area contributed by atoms with E-state index in [1.165, 1.54) is 6.33 Å². The van der Waals surface area contributed by atoms with Crippen molar-refractivity contribution in [3.8, 4) is 17.1 Å². The third kappa shape index (κ3) is 3.19. The third-order valence-corrected chi connectivity index (χ3v) is 4.22. The fourth-order valence-corrected chi connectivity index (χ4v) is 2.80. The monoisotopic (exact) mass is 350 g/mol. The van der Waals surface area contributed by atoms with Gasteiger partial charge in [0.15, 0.2) is 10.8 Å². The van der Waals surface area contributed by atoms with E-state index in [0.29, 0.717) is 22.1 Å². The predicted octanol–water partition coefficient (Wildman–Crippen LogP) is 4.81. The van der Waals surface area contributed by atoms with Crippen molar-refractivity contribution >= 4 is 22.8 Å². The van der Waals surface area contributed by atoms with Gasteiger partial charge in [-0.3, -0.25) is 0 Å². The summed E-state index contributed by atoms with van der Waals surface area (Å²) < 4.78 is 6.00. The highest BCUT2D eigenvalue weighted by atomic mass is 35.5. The molecular formula is C19H15ClN4O. The molecule has 0 saturated heterocycles. The first-order chi connectivity index (χ1) is 12.2. The van der Waals surface area contributed by atoms with E-state index in [4.69, 9.17) is 16.3 Å². The fourth-order valence-electron chi connectivity index (χ4n) is 2.62. The van der Waals surface area contributed by atoms with Crippen LogP contribution in [0.1, 0.15) is 18.6 Å². The summed E-state index contributed by atoms with van der Waals surface area (Å²) in [5.41, 5.74) is 3.25. The second-order valence-electron chi connectivity index (χ2n) is 5.64. The van der Waals surface area contributed by atoms with Crippen LogP contribution in [0.4, 0.5) is 0 Å². The Labute approximate surface area is 149 Å². The molecule has 2 aromatic heterocycles. The summed E-state index contributed by atoms with van der Waals surface area (Å²) in [7, 11) is 0. The number of H-pyrrole nitrogens is 1. The minimum Gasteiger partial charge on any atom is -0.486 e. The number of nitrogens with one attached hydrogen (secondary N) is 1. The second kappa shape index (κ2) is 6.53. The van der Waals surface area contributed by atoms with Crippen LogP contribution in [-0.4, -0.2) is 19.9 Å². The van der Waals surface area contributed by atoms with Crippen molar-refractivity contribution in [2.75, 3.05) is 0 Å². The lowest BCUT2D eigenvalue weighted by Gasteiger charge is -2.15. The number of benzene rings is 2. The number of hydrogen-bond acceptors (Lipinski definition) is 4. The van der Waals surface area contributed by atoms with E-state index in [2.05, 4.69) is 32.1 Å². The predicted molar refractivity (Wildman–Crippen MR) is 97.6 cm³/mol. The van der Waals surface area contributed by atoms with Crippen LogP contribution in [0.5, 0.6) is 5.75 Å². The summed E-state index contributed by atoms with van der Waals surface area (Å²) in [6, 6.07) is 17.9. The normalized spacial score (nSPS) is 12.2. The van der Waals surface area contributed by atoms with Crippen LogP contribution in [0.2, 0.25) is 5.15 Å². The SMILES string of the molecule is C[C@@H](Oc1ccc(-c2nc3c(Cl)ncnc3[nH]2)cc1)c1ccccc1. The number of rotatable bonds is 4. The van der Waals surface area contributed by atoms with Crippen molar-refractivity contribution in [3.05, 3.63) is 71.6 Å². The highest BCUT2D eigenvalue weighted by Gasteiger charge is 2.11. The van der Waals surface area contributed by atoms with Gasteiger partial charge in [0.25, 0.3) is 0 Å². The zero-order valence-corrected chi connectivity index (χ0v) is 14.2. The number of ether oxygens (including phenoxy) is 1. The molecule has 4 rings (SSSR count). The Morgan fingerprint density at radius 3 is 2.48 bits per heavy atom. The van der Waals surface area contributed by atoms with Gasteiger partial charge in [-0.15, -0.1) is 0 Å². The first-order valence-electron chi connectivity index (χ1n) is 7.89. The Hall–Kier alpha value is -2.92. The molecule has 1 atom stereocenters. The van der Waals surface area contributed by atoms with E-state index >= 15 is 0 Å². The molecule has 0 aliphatic heterocycles. The minimum absolute atomic E-state index is 0.0210. The zero-order chi connectivity index (χ0) is 17.2. The van der Waals surface area contributed by atoms with Gasteiger partial charge in [0.1, 0.15) is 29.5 Å². The molecule has 25 heavy (non-hydrogen) atoms. The topological polar surface area (TPSA) is 63.7 Å². The third-order valence-electron chi connectivity index (χ3n) is 3.95. The summed E-state index contributed by atoms with van der Waals surface area (Å²) in [5, 5.41) is 0.337. The van der Waals surface area contributed by atoms with Gasteiger partial charge in [-0.1, -0.05) is 41.9 Å². The smallest absolute Gasteiger partial charge is 0.162 e. The maximum absolute atomic E-state index is 6.04. The molecule has 124 valence electrons.